The quantitative estimate of drug-likeness (QED) is 0.749. The number of anilines is 1. The fourth-order valence-electron chi connectivity index (χ4n) is 3.17. The Morgan fingerprint density at radius 3 is 2.96 bits per heavy atom. The first-order valence-corrected chi connectivity index (χ1v) is 7.90. The van der Waals surface area contributed by atoms with E-state index < -0.39 is 0 Å². The summed E-state index contributed by atoms with van der Waals surface area (Å²) in [4.78, 5) is 6.35. The Morgan fingerprint density at radius 1 is 1.35 bits per heavy atom. The van der Waals surface area contributed by atoms with E-state index in [1.807, 2.05) is 31.3 Å². The van der Waals surface area contributed by atoms with Crippen molar-refractivity contribution in [3.8, 4) is 0 Å². The summed E-state index contributed by atoms with van der Waals surface area (Å²) in [6.45, 7) is 6.80. The predicted molar refractivity (Wildman–Crippen MR) is 93.9 cm³/mol. The zero-order chi connectivity index (χ0) is 16.2. The van der Waals surface area contributed by atoms with Crippen LogP contribution >= 0.6 is 0 Å². The molecular formula is C20H21FN2. The molecule has 23 heavy (non-hydrogen) atoms. The molecule has 1 aromatic heterocycles. The van der Waals surface area contributed by atoms with E-state index in [4.69, 9.17) is 0 Å². The van der Waals surface area contributed by atoms with E-state index >= 15 is 0 Å². The minimum absolute atomic E-state index is 0.162. The van der Waals surface area contributed by atoms with Gasteiger partial charge in [0, 0.05) is 30.5 Å². The molecule has 0 N–H and O–H groups in total. The van der Waals surface area contributed by atoms with Gasteiger partial charge in [0.1, 0.15) is 5.82 Å². The first-order chi connectivity index (χ1) is 11.1. The maximum absolute atomic E-state index is 14.4. The Morgan fingerprint density at radius 2 is 2.22 bits per heavy atom. The van der Waals surface area contributed by atoms with Crippen LogP contribution in [0.1, 0.15) is 24.5 Å². The normalized spacial score (nSPS) is 14.4. The molecule has 0 spiro atoms. The lowest BCUT2D eigenvalue weighted by molar-refractivity contribution is 0.567. The van der Waals surface area contributed by atoms with E-state index in [0.29, 0.717) is 12.2 Å². The number of aromatic nitrogens is 1. The highest BCUT2D eigenvalue weighted by molar-refractivity contribution is 5.72. The summed E-state index contributed by atoms with van der Waals surface area (Å²) >= 11 is 0. The number of rotatable bonds is 5. The number of benzene rings is 1. The highest BCUT2D eigenvalue weighted by atomic mass is 19.1. The molecule has 0 bridgehead atoms. The van der Waals surface area contributed by atoms with Gasteiger partial charge in [0.15, 0.2) is 0 Å². The molecular weight excluding hydrogens is 287 g/mol. The second-order valence-electron chi connectivity index (χ2n) is 6.11. The summed E-state index contributed by atoms with van der Waals surface area (Å²) in [6.07, 6.45) is 9.40. The topological polar surface area (TPSA) is 16.1 Å². The molecule has 0 aliphatic carbocycles. The highest BCUT2D eigenvalue weighted by Gasteiger charge is 2.25. The van der Waals surface area contributed by atoms with Gasteiger partial charge in [0.05, 0.1) is 5.69 Å². The highest BCUT2D eigenvalue weighted by Crippen LogP contribution is 2.32. The fourth-order valence-corrected chi connectivity index (χ4v) is 3.17. The SMILES string of the molecule is C=C(C)CC(Cc1cccnc1)N1CC=Cc2cccc(F)c21. The maximum atomic E-state index is 14.4. The van der Waals surface area contributed by atoms with E-state index in [-0.39, 0.29) is 11.9 Å². The van der Waals surface area contributed by atoms with Crippen LogP contribution in [0.4, 0.5) is 10.1 Å². The average Bonchev–Trinajstić information content (AvgIpc) is 2.54. The van der Waals surface area contributed by atoms with Gasteiger partial charge in [0.25, 0.3) is 0 Å². The van der Waals surface area contributed by atoms with Crippen LogP contribution in [0.3, 0.4) is 0 Å². The molecule has 118 valence electrons. The third-order valence-corrected chi connectivity index (χ3v) is 4.12. The summed E-state index contributed by atoms with van der Waals surface area (Å²) in [6, 6.07) is 9.43. The molecule has 2 nitrogen and oxygen atoms in total. The third-order valence-electron chi connectivity index (χ3n) is 4.12. The molecule has 1 atom stereocenters. The van der Waals surface area contributed by atoms with Crippen molar-refractivity contribution in [3.05, 3.63) is 77.9 Å². The van der Waals surface area contributed by atoms with Crippen LogP contribution in [-0.4, -0.2) is 17.6 Å². The molecule has 1 aromatic carbocycles. The summed E-state index contributed by atoms with van der Waals surface area (Å²) in [5.74, 6) is -0.162. The number of para-hydroxylation sites is 1. The van der Waals surface area contributed by atoms with Gasteiger partial charge in [-0.3, -0.25) is 4.98 Å². The summed E-state index contributed by atoms with van der Waals surface area (Å²) in [7, 11) is 0. The lowest BCUT2D eigenvalue weighted by Gasteiger charge is -2.36. The van der Waals surface area contributed by atoms with Crippen LogP contribution < -0.4 is 4.90 Å². The van der Waals surface area contributed by atoms with Gasteiger partial charge < -0.3 is 4.90 Å². The molecule has 0 saturated heterocycles. The number of fused-ring (bicyclic) bond motifs is 1. The van der Waals surface area contributed by atoms with Crippen LogP contribution in [0.25, 0.3) is 6.08 Å². The van der Waals surface area contributed by atoms with Gasteiger partial charge in [-0.05, 0) is 37.5 Å². The van der Waals surface area contributed by atoms with Gasteiger partial charge in [-0.15, -0.1) is 6.58 Å². The van der Waals surface area contributed by atoms with Gasteiger partial charge >= 0.3 is 0 Å². The number of halogens is 1. The van der Waals surface area contributed by atoms with Crippen molar-refractivity contribution in [3.63, 3.8) is 0 Å². The average molecular weight is 308 g/mol. The van der Waals surface area contributed by atoms with Crippen molar-refractivity contribution in [2.45, 2.75) is 25.8 Å². The summed E-state index contributed by atoms with van der Waals surface area (Å²) in [5, 5.41) is 0. The van der Waals surface area contributed by atoms with Crippen LogP contribution in [0.5, 0.6) is 0 Å². The van der Waals surface area contributed by atoms with Crippen molar-refractivity contribution in [1.29, 1.82) is 0 Å². The van der Waals surface area contributed by atoms with Crippen LogP contribution in [-0.2, 0) is 6.42 Å². The number of pyridine rings is 1. The summed E-state index contributed by atoms with van der Waals surface area (Å²) in [5.41, 5.74) is 3.90. The molecule has 0 radical (unpaired) electrons. The molecule has 2 aromatic rings. The zero-order valence-electron chi connectivity index (χ0n) is 13.4. The summed E-state index contributed by atoms with van der Waals surface area (Å²) < 4.78 is 14.4. The van der Waals surface area contributed by atoms with E-state index in [2.05, 4.69) is 28.6 Å². The van der Waals surface area contributed by atoms with Crippen LogP contribution in [0, 0.1) is 5.82 Å². The number of hydrogen-bond acceptors (Lipinski definition) is 2. The minimum Gasteiger partial charge on any atom is -0.361 e. The smallest absolute Gasteiger partial charge is 0.147 e. The second-order valence-corrected chi connectivity index (χ2v) is 6.11. The molecule has 0 fully saturated rings. The lowest BCUT2D eigenvalue weighted by atomic mass is 9.96. The first kappa shape index (κ1) is 15.5. The largest absolute Gasteiger partial charge is 0.361 e. The predicted octanol–water partition coefficient (Wildman–Crippen LogP) is 4.63. The van der Waals surface area contributed by atoms with Crippen molar-refractivity contribution in [2.75, 3.05) is 11.4 Å². The van der Waals surface area contributed by atoms with Crippen molar-refractivity contribution < 1.29 is 4.39 Å². The standard InChI is InChI=1S/C20H21FN2/c1-15(2)12-18(13-16-6-4-10-22-14-16)23-11-5-8-17-7-3-9-19(21)20(17)23/h3-10,14,18H,1,11-13H2,2H3. The maximum Gasteiger partial charge on any atom is 0.147 e. The molecule has 1 aliphatic rings. The third kappa shape index (κ3) is 3.50. The minimum atomic E-state index is -0.162. The molecule has 2 heterocycles. The molecule has 3 rings (SSSR count). The molecule has 0 amide bonds. The Balaban J connectivity index is 1.95. The molecule has 3 heteroatoms. The first-order valence-electron chi connectivity index (χ1n) is 7.90. The zero-order valence-corrected chi connectivity index (χ0v) is 13.4. The Hall–Kier alpha value is -2.42. The monoisotopic (exact) mass is 308 g/mol. The van der Waals surface area contributed by atoms with E-state index in [0.717, 1.165) is 29.5 Å². The molecule has 0 saturated carbocycles. The Bertz CT molecular complexity index is 722. The number of nitrogens with zero attached hydrogens (tertiary/aromatic N) is 2. The van der Waals surface area contributed by atoms with E-state index in [9.17, 15) is 4.39 Å². The van der Waals surface area contributed by atoms with Crippen molar-refractivity contribution >= 4 is 11.8 Å². The van der Waals surface area contributed by atoms with Crippen molar-refractivity contribution in [1.82, 2.24) is 4.98 Å². The van der Waals surface area contributed by atoms with Gasteiger partial charge in [0.2, 0.25) is 0 Å². The van der Waals surface area contributed by atoms with E-state index in [1.54, 1.807) is 12.3 Å². The number of hydrogen-bond donors (Lipinski definition) is 0. The van der Waals surface area contributed by atoms with Crippen molar-refractivity contribution in [2.24, 2.45) is 0 Å². The van der Waals surface area contributed by atoms with Gasteiger partial charge in [-0.2, -0.15) is 0 Å². The van der Waals surface area contributed by atoms with Crippen LogP contribution in [0.15, 0.2) is 61.0 Å². The molecule has 1 aliphatic heterocycles. The van der Waals surface area contributed by atoms with E-state index in [1.165, 1.54) is 6.07 Å². The second kappa shape index (κ2) is 6.78. The fraction of sp³-hybridized carbons (Fsp3) is 0.250. The van der Waals surface area contributed by atoms with Crippen LogP contribution in [0.2, 0.25) is 0 Å². The van der Waals surface area contributed by atoms with Gasteiger partial charge in [-0.1, -0.05) is 35.9 Å². The Kier molecular flexibility index (Phi) is 4.56. The Labute approximate surface area is 137 Å². The molecule has 1 unspecified atom stereocenters. The van der Waals surface area contributed by atoms with Gasteiger partial charge in [-0.25, -0.2) is 4.39 Å². The lowest BCUT2D eigenvalue weighted by Crippen LogP contribution is -2.39.